The summed E-state index contributed by atoms with van der Waals surface area (Å²) in [6, 6.07) is 7.28. The zero-order chi connectivity index (χ0) is 21.0. The number of carboxylic acids is 1. The average molecular weight is 430 g/mol. The molecular weight excluding hydrogens is 406 g/mol. The topological polar surface area (TPSA) is 93.4 Å². The number of carboxylic acid groups (broad SMARTS) is 1. The second kappa shape index (κ2) is 7.01. The maximum Gasteiger partial charge on any atom is 0.309 e. The van der Waals surface area contributed by atoms with Crippen LogP contribution < -0.4 is 15.6 Å². The number of aliphatic carboxylic acids is 1. The van der Waals surface area contributed by atoms with E-state index in [1.165, 1.54) is 10.9 Å². The molecule has 0 aliphatic heterocycles. The summed E-state index contributed by atoms with van der Waals surface area (Å²) in [5, 5.41) is 17.6. The third-order valence-electron chi connectivity index (χ3n) is 7.23. The molecule has 1 heterocycles. The minimum Gasteiger partial charge on any atom is -0.497 e. The monoisotopic (exact) mass is 429 g/mol. The molecule has 4 fully saturated rings. The van der Waals surface area contributed by atoms with Gasteiger partial charge in [0, 0.05) is 11.8 Å². The molecule has 7 nitrogen and oxygen atoms in total. The molecule has 8 heteroatoms. The van der Waals surface area contributed by atoms with Crippen molar-refractivity contribution in [2.75, 3.05) is 12.4 Å². The Balaban J connectivity index is 1.54. The molecule has 0 saturated heterocycles. The van der Waals surface area contributed by atoms with E-state index in [0.717, 1.165) is 19.3 Å². The molecule has 1 aromatic heterocycles. The Kier molecular flexibility index (Phi) is 4.54. The van der Waals surface area contributed by atoms with Crippen molar-refractivity contribution in [2.24, 2.45) is 23.7 Å². The third kappa shape index (κ3) is 2.90. The molecule has 0 spiro atoms. The van der Waals surface area contributed by atoms with Crippen LogP contribution in [0.25, 0.3) is 0 Å². The number of hydrogen-bond acceptors (Lipinski definition) is 5. The number of ether oxygens (including phenoxy) is 1. The second-order valence-electron chi connectivity index (χ2n) is 8.97. The van der Waals surface area contributed by atoms with Crippen molar-refractivity contribution in [3.05, 3.63) is 45.8 Å². The van der Waals surface area contributed by atoms with Gasteiger partial charge in [-0.25, -0.2) is 4.68 Å². The van der Waals surface area contributed by atoms with Gasteiger partial charge in [-0.1, -0.05) is 17.7 Å². The van der Waals surface area contributed by atoms with Gasteiger partial charge >= 0.3 is 5.97 Å². The summed E-state index contributed by atoms with van der Waals surface area (Å²) in [6.45, 7) is 0. The number of nitrogens with one attached hydrogen (secondary N) is 1. The van der Waals surface area contributed by atoms with E-state index in [1.807, 2.05) is 18.2 Å². The first-order valence-electron chi connectivity index (χ1n) is 10.3. The number of anilines is 2. The molecule has 158 valence electrons. The highest BCUT2D eigenvalue weighted by Gasteiger charge is 2.61. The summed E-state index contributed by atoms with van der Waals surface area (Å²) >= 11 is 6.47. The third-order valence-corrected chi connectivity index (χ3v) is 7.59. The Hall–Kier alpha value is -2.54. The van der Waals surface area contributed by atoms with Crippen molar-refractivity contribution < 1.29 is 14.6 Å². The van der Waals surface area contributed by atoms with Crippen LogP contribution in [0.3, 0.4) is 0 Å². The molecule has 30 heavy (non-hydrogen) atoms. The van der Waals surface area contributed by atoms with Crippen molar-refractivity contribution in [1.82, 2.24) is 9.78 Å². The molecule has 0 radical (unpaired) electrons. The summed E-state index contributed by atoms with van der Waals surface area (Å²) in [4.78, 5) is 25.5. The molecule has 4 aliphatic carbocycles. The molecule has 0 amide bonds. The number of rotatable bonds is 5. The van der Waals surface area contributed by atoms with Crippen LogP contribution in [0.1, 0.15) is 32.1 Å². The molecule has 4 saturated carbocycles. The van der Waals surface area contributed by atoms with E-state index in [-0.39, 0.29) is 10.9 Å². The van der Waals surface area contributed by atoms with E-state index in [0.29, 0.717) is 41.8 Å². The maximum atomic E-state index is 13.3. The largest absolute Gasteiger partial charge is 0.497 e. The number of hydrogen-bond donors (Lipinski definition) is 2. The molecule has 4 aliphatic rings. The highest BCUT2D eigenvalue weighted by molar-refractivity contribution is 6.33. The number of methoxy groups -OCH3 is 1. The smallest absolute Gasteiger partial charge is 0.309 e. The van der Waals surface area contributed by atoms with E-state index in [1.54, 1.807) is 13.2 Å². The normalized spacial score (nSPS) is 31.5. The Morgan fingerprint density at radius 1 is 1.30 bits per heavy atom. The van der Waals surface area contributed by atoms with Crippen molar-refractivity contribution in [2.45, 2.75) is 37.6 Å². The second-order valence-corrected chi connectivity index (χ2v) is 9.35. The minimum absolute atomic E-state index is 0.0210. The number of nitrogens with zero attached hydrogens (tertiary/aromatic N) is 2. The lowest BCUT2D eigenvalue weighted by Gasteiger charge is -2.59. The van der Waals surface area contributed by atoms with Gasteiger partial charge in [-0.05, 0) is 62.0 Å². The fraction of sp³-hybridized carbons (Fsp3) is 0.500. The lowest BCUT2D eigenvalue weighted by atomic mass is 9.48. The van der Waals surface area contributed by atoms with E-state index in [2.05, 4.69) is 10.4 Å². The Morgan fingerprint density at radius 2 is 2.03 bits per heavy atom. The first kappa shape index (κ1) is 19.4. The summed E-state index contributed by atoms with van der Waals surface area (Å²) < 4.78 is 6.63. The van der Waals surface area contributed by atoms with Gasteiger partial charge in [0.25, 0.3) is 5.56 Å². The van der Waals surface area contributed by atoms with Crippen LogP contribution in [0.5, 0.6) is 5.75 Å². The molecule has 2 N–H and O–H groups in total. The van der Waals surface area contributed by atoms with Crippen LogP contribution in [0.4, 0.5) is 11.4 Å². The SMILES string of the molecule is COc1cccc(Nc2cnn(C34C[C@@H]5CC(C[C@@H](C5)C3)[C@@H]4C(=O)O)c(=O)c2Cl)c1. The summed E-state index contributed by atoms with van der Waals surface area (Å²) in [7, 11) is 1.58. The molecule has 5 atom stereocenters. The summed E-state index contributed by atoms with van der Waals surface area (Å²) in [5.41, 5.74) is -0.107. The standard InChI is InChI=1S/C22H24ClN3O4/c1-30-16-4-2-3-15(8-16)25-17-11-24-26(20(27)19(17)23)22-9-12-5-13(10-22)7-14(6-12)18(22)21(28)29/h2-4,8,11-14,18,25H,5-7,9-10H2,1H3,(H,28,29)/t12-,13+,14?,18-,22?/m1/s1. The van der Waals surface area contributed by atoms with Gasteiger partial charge in [0.15, 0.2) is 0 Å². The number of aromatic nitrogens is 2. The van der Waals surface area contributed by atoms with Crippen molar-refractivity contribution >= 4 is 28.9 Å². The van der Waals surface area contributed by atoms with Crippen LogP contribution >= 0.6 is 11.6 Å². The fourth-order valence-corrected chi connectivity index (χ4v) is 6.60. The molecule has 6 rings (SSSR count). The van der Waals surface area contributed by atoms with Gasteiger partial charge in [-0.3, -0.25) is 9.59 Å². The molecule has 1 aromatic carbocycles. The molecule has 2 aromatic rings. The van der Waals surface area contributed by atoms with Crippen LogP contribution in [-0.4, -0.2) is 28.0 Å². The zero-order valence-corrected chi connectivity index (χ0v) is 17.4. The van der Waals surface area contributed by atoms with Gasteiger partial charge in [0.1, 0.15) is 10.8 Å². The van der Waals surface area contributed by atoms with E-state index in [9.17, 15) is 14.7 Å². The summed E-state index contributed by atoms with van der Waals surface area (Å²) in [6.07, 6.45) is 5.90. The lowest BCUT2D eigenvalue weighted by Crippen LogP contribution is -2.63. The van der Waals surface area contributed by atoms with Crippen LogP contribution in [0.15, 0.2) is 35.3 Å². The Labute approximate surface area is 179 Å². The van der Waals surface area contributed by atoms with Crippen LogP contribution in [-0.2, 0) is 10.3 Å². The first-order chi connectivity index (χ1) is 14.4. The van der Waals surface area contributed by atoms with Gasteiger partial charge in [-0.2, -0.15) is 5.10 Å². The van der Waals surface area contributed by atoms with Crippen molar-refractivity contribution in [3.63, 3.8) is 0 Å². The molecule has 4 bridgehead atoms. The van der Waals surface area contributed by atoms with E-state index < -0.39 is 23.0 Å². The lowest BCUT2D eigenvalue weighted by molar-refractivity contribution is -0.168. The predicted molar refractivity (Wildman–Crippen MR) is 112 cm³/mol. The van der Waals surface area contributed by atoms with Gasteiger partial charge < -0.3 is 15.2 Å². The van der Waals surface area contributed by atoms with E-state index >= 15 is 0 Å². The number of carbonyl (C=O) groups is 1. The van der Waals surface area contributed by atoms with Gasteiger partial charge in [-0.15, -0.1) is 0 Å². The number of halogens is 1. The first-order valence-corrected chi connectivity index (χ1v) is 10.7. The van der Waals surface area contributed by atoms with E-state index in [4.69, 9.17) is 16.3 Å². The molecule has 2 unspecified atom stereocenters. The fourth-order valence-electron chi connectivity index (χ4n) is 6.43. The minimum atomic E-state index is -0.831. The zero-order valence-electron chi connectivity index (χ0n) is 16.7. The highest BCUT2D eigenvalue weighted by Crippen LogP contribution is 2.61. The Morgan fingerprint density at radius 3 is 2.70 bits per heavy atom. The maximum absolute atomic E-state index is 13.3. The van der Waals surface area contributed by atoms with Crippen molar-refractivity contribution in [3.8, 4) is 5.75 Å². The van der Waals surface area contributed by atoms with Gasteiger partial charge in [0.2, 0.25) is 0 Å². The van der Waals surface area contributed by atoms with Gasteiger partial charge in [0.05, 0.1) is 30.5 Å². The summed E-state index contributed by atoms with van der Waals surface area (Å²) in [5.74, 6) is 0.275. The van der Waals surface area contributed by atoms with Crippen molar-refractivity contribution in [1.29, 1.82) is 0 Å². The molecular formula is C22H24ClN3O4. The quantitative estimate of drug-likeness (QED) is 0.749. The predicted octanol–water partition coefficient (Wildman–Crippen LogP) is 3.88. The Bertz CT molecular complexity index is 1050. The number of benzene rings is 1. The average Bonchev–Trinajstić information content (AvgIpc) is 2.70. The van der Waals surface area contributed by atoms with Crippen LogP contribution in [0, 0.1) is 23.7 Å². The highest BCUT2D eigenvalue weighted by atomic mass is 35.5. The van der Waals surface area contributed by atoms with Crippen LogP contribution in [0.2, 0.25) is 5.02 Å².